The number of anilines is 2. The molecule has 45 heavy (non-hydrogen) atoms. The fourth-order valence-electron chi connectivity index (χ4n) is 5.93. The number of aromatic amines is 1. The number of piperazine rings is 1. The van der Waals surface area contributed by atoms with Crippen LogP contribution in [0.3, 0.4) is 0 Å². The molecule has 0 saturated carbocycles. The zero-order chi connectivity index (χ0) is 34.3. The maximum atomic E-state index is 14.9. The van der Waals surface area contributed by atoms with Crippen molar-refractivity contribution in [2.45, 2.75) is 18.6 Å². The Kier molecular flexibility index (Phi) is 6.56. The second-order valence-electron chi connectivity index (χ2n) is 11.1. The van der Waals surface area contributed by atoms with Crippen LogP contribution in [0.1, 0.15) is 17.5 Å². The summed E-state index contributed by atoms with van der Waals surface area (Å²) < 4.78 is 77.7. The molecule has 2 fully saturated rings. The van der Waals surface area contributed by atoms with Gasteiger partial charge in [0.15, 0.2) is 0 Å². The lowest BCUT2D eigenvalue weighted by Crippen LogP contribution is -2.46. The predicted octanol–water partition coefficient (Wildman–Crippen LogP) is 3.77. The summed E-state index contributed by atoms with van der Waals surface area (Å²) in [6.45, 7) is 2.95. The molecule has 13 heteroatoms. The first-order valence-electron chi connectivity index (χ1n) is 16.5. The van der Waals surface area contributed by atoms with E-state index in [1.807, 2.05) is 29.2 Å². The number of halogens is 2. The lowest BCUT2D eigenvalue weighted by atomic mass is 9.87. The molecule has 0 bridgehead atoms. The average Bonchev–Trinajstić information content (AvgIpc) is 3.87. The van der Waals surface area contributed by atoms with Gasteiger partial charge in [-0.2, -0.15) is 10.2 Å². The molecule has 2 atom stereocenters. The van der Waals surface area contributed by atoms with Crippen molar-refractivity contribution in [3.8, 4) is 11.4 Å². The molecular formula is C32H32F2N8O3. The maximum absolute atomic E-state index is 14.9. The molecule has 2 aliphatic heterocycles. The number of nitrogens with zero attached hydrogens (tertiary/aromatic N) is 7. The minimum atomic E-state index is -1.06. The molecule has 1 N–H and O–H groups in total. The van der Waals surface area contributed by atoms with Gasteiger partial charge in [0.1, 0.15) is 42.0 Å². The largest absolute Gasteiger partial charge is 0.493 e. The van der Waals surface area contributed by atoms with Gasteiger partial charge in [-0.3, -0.25) is 0 Å². The number of aromatic nitrogens is 6. The van der Waals surface area contributed by atoms with Crippen LogP contribution in [-0.2, 0) is 16.9 Å². The average molecular weight is 619 g/mol. The predicted molar refractivity (Wildman–Crippen MR) is 163 cm³/mol. The van der Waals surface area contributed by atoms with Crippen molar-refractivity contribution in [2.75, 3.05) is 49.2 Å². The highest BCUT2D eigenvalue weighted by atomic mass is 19.1. The number of hydrogen-bond acceptors (Lipinski definition) is 8. The van der Waals surface area contributed by atoms with Gasteiger partial charge in [-0.05, 0) is 60.9 Å². The van der Waals surface area contributed by atoms with Gasteiger partial charge in [-0.1, -0.05) is 6.07 Å². The SMILES string of the molecule is [2H]c1c([2H])c(-n2cn[nH]c2=O)c([2H])c([2H])c1N1CCN(c2ccc(OC[C@@H]3CO[C@@](Cn4cncn4)(c4ccc(F)cc4F)C3)cc2)CC1. The van der Waals surface area contributed by atoms with Crippen molar-refractivity contribution in [2.24, 2.45) is 5.92 Å². The molecule has 4 heterocycles. The second kappa shape index (κ2) is 12.2. The Hall–Kier alpha value is -5.04. The number of hydrogen-bond donors (Lipinski definition) is 1. The van der Waals surface area contributed by atoms with Gasteiger partial charge in [0.05, 0.1) is 30.9 Å². The van der Waals surface area contributed by atoms with Crippen LogP contribution in [0.15, 0.2) is 90.4 Å². The van der Waals surface area contributed by atoms with Crippen molar-refractivity contribution in [3.05, 3.63) is 113 Å². The van der Waals surface area contributed by atoms with Gasteiger partial charge in [0.25, 0.3) is 0 Å². The van der Waals surface area contributed by atoms with Gasteiger partial charge < -0.3 is 19.3 Å². The summed E-state index contributed by atoms with van der Waals surface area (Å²) in [5, 5.41) is 10.0. The van der Waals surface area contributed by atoms with Gasteiger partial charge in [-0.15, -0.1) is 0 Å². The lowest BCUT2D eigenvalue weighted by molar-refractivity contribution is -0.0206. The van der Waals surface area contributed by atoms with Crippen LogP contribution in [-0.4, -0.2) is 68.9 Å². The quantitative estimate of drug-likeness (QED) is 0.266. The number of benzene rings is 3. The summed E-state index contributed by atoms with van der Waals surface area (Å²) in [5.74, 6) is -0.745. The van der Waals surface area contributed by atoms with Crippen LogP contribution in [0.5, 0.6) is 5.75 Å². The monoisotopic (exact) mass is 618 g/mol. The van der Waals surface area contributed by atoms with Crippen LogP contribution in [0, 0.1) is 17.6 Å². The Bertz CT molecular complexity index is 1990. The molecule has 7 rings (SSSR count). The first kappa shape index (κ1) is 24.3. The van der Waals surface area contributed by atoms with E-state index in [-0.39, 0.29) is 53.6 Å². The highest BCUT2D eigenvalue weighted by molar-refractivity contribution is 5.54. The topological polar surface area (TPSA) is 106 Å². The number of nitrogens with one attached hydrogen (secondary N) is 1. The zero-order valence-electron chi connectivity index (χ0n) is 28.1. The van der Waals surface area contributed by atoms with E-state index in [4.69, 9.17) is 15.0 Å². The highest BCUT2D eigenvalue weighted by Gasteiger charge is 2.44. The van der Waals surface area contributed by atoms with Crippen molar-refractivity contribution in [1.82, 2.24) is 29.5 Å². The summed E-state index contributed by atoms with van der Waals surface area (Å²) in [6, 6.07) is 10.1. The Morgan fingerprint density at radius 1 is 0.978 bits per heavy atom. The van der Waals surface area contributed by atoms with Gasteiger partial charge in [0.2, 0.25) is 0 Å². The zero-order valence-corrected chi connectivity index (χ0v) is 24.1. The van der Waals surface area contributed by atoms with Crippen molar-refractivity contribution < 1.29 is 23.7 Å². The van der Waals surface area contributed by atoms with Crippen LogP contribution >= 0.6 is 0 Å². The van der Waals surface area contributed by atoms with Crippen LogP contribution in [0.4, 0.5) is 20.2 Å². The molecule has 2 saturated heterocycles. The molecule has 3 aromatic carbocycles. The molecule has 2 aliphatic rings. The first-order chi connectivity index (χ1) is 23.6. The smallest absolute Gasteiger partial charge is 0.347 e. The van der Waals surface area contributed by atoms with Crippen molar-refractivity contribution >= 4 is 11.4 Å². The number of ether oxygens (including phenoxy) is 2. The van der Waals surface area contributed by atoms with E-state index in [0.29, 0.717) is 51.6 Å². The Morgan fingerprint density at radius 3 is 2.38 bits per heavy atom. The summed E-state index contributed by atoms with van der Waals surface area (Å²) in [7, 11) is 0. The summed E-state index contributed by atoms with van der Waals surface area (Å²) in [6.07, 6.45) is 4.49. The fraction of sp³-hybridized carbons (Fsp3) is 0.312. The minimum absolute atomic E-state index is 0.0623. The van der Waals surface area contributed by atoms with E-state index in [2.05, 4.69) is 25.2 Å². The van der Waals surface area contributed by atoms with Crippen LogP contribution < -0.4 is 20.2 Å². The Labute approximate surface area is 263 Å². The van der Waals surface area contributed by atoms with Gasteiger partial charge in [0, 0.05) is 55.1 Å². The third-order valence-corrected chi connectivity index (χ3v) is 8.19. The van der Waals surface area contributed by atoms with Crippen LogP contribution in [0.2, 0.25) is 0 Å². The lowest BCUT2D eigenvalue weighted by Gasteiger charge is -2.37. The van der Waals surface area contributed by atoms with Crippen molar-refractivity contribution in [3.63, 3.8) is 0 Å². The first-order valence-corrected chi connectivity index (χ1v) is 14.5. The third kappa shape index (κ3) is 6.03. The standard InChI is InChI=1S/C32H32F2N8O3/c33-24-1-10-29(30(34)15-24)32(19-41-21-35-20-37-41)16-23(18-45-32)17-44-28-8-6-26(7-9-28)40-13-11-39(12-14-40)25-2-4-27(5-3-25)42-22-36-38-31(42)43/h1-10,15,20-23H,11-14,16-19H2,(H,38,43)/t23-,32+/m1/s1/i2D,3D,4D,5D. The van der Waals surface area contributed by atoms with E-state index >= 15 is 0 Å². The summed E-state index contributed by atoms with van der Waals surface area (Å²) >= 11 is 0. The van der Waals surface area contributed by atoms with E-state index < -0.39 is 22.9 Å². The van der Waals surface area contributed by atoms with Crippen LogP contribution in [0.25, 0.3) is 5.69 Å². The number of rotatable bonds is 9. The molecule has 0 aliphatic carbocycles. The summed E-state index contributed by atoms with van der Waals surface area (Å²) in [4.78, 5) is 20.0. The molecule has 0 spiro atoms. The van der Waals surface area contributed by atoms with E-state index in [9.17, 15) is 13.6 Å². The number of H-pyrrole nitrogens is 1. The third-order valence-electron chi connectivity index (χ3n) is 8.19. The fourth-order valence-corrected chi connectivity index (χ4v) is 5.93. The van der Waals surface area contributed by atoms with Crippen molar-refractivity contribution in [1.29, 1.82) is 0 Å². The molecule has 2 aromatic heterocycles. The highest BCUT2D eigenvalue weighted by Crippen LogP contribution is 2.42. The van der Waals surface area contributed by atoms with E-state index in [1.165, 1.54) is 24.8 Å². The molecule has 0 unspecified atom stereocenters. The van der Waals surface area contributed by atoms with Gasteiger partial charge >= 0.3 is 5.69 Å². The second-order valence-corrected chi connectivity index (χ2v) is 11.1. The molecule has 232 valence electrons. The molecule has 11 nitrogen and oxygen atoms in total. The molecule has 5 aromatic rings. The Balaban J connectivity index is 0.979. The maximum Gasteiger partial charge on any atom is 0.347 e. The van der Waals surface area contributed by atoms with E-state index in [0.717, 1.165) is 22.6 Å². The van der Waals surface area contributed by atoms with E-state index in [1.54, 1.807) is 4.68 Å². The molecule has 0 amide bonds. The summed E-state index contributed by atoms with van der Waals surface area (Å²) in [5.41, 5.74) is -0.430. The Morgan fingerprint density at radius 2 is 1.71 bits per heavy atom. The van der Waals surface area contributed by atoms with Gasteiger partial charge in [-0.25, -0.2) is 32.9 Å². The molecular weight excluding hydrogens is 582 g/mol. The normalized spacial score (nSPS) is 21.3. The molecule has 0 radical (unpaired) electrons. The minimum Gasteiger partial charge on any atom is -0.493 e.